The minimum absolute atomic E-state index is 0.0630. The Labute approximate surface area is 109 Å². The maximum atomic E-state index is 12.2. The molecular weight excluding hydrogens is 254 g/mol. The predicted molar refractivity (Wildman–Crippen MR) is 73.0 cm³/mol. The largest absolute Gasteiger partial charge is 0.398 e. The molecule has 0 saturated heterocycles. The van der Waals surface area contributed by atoms with Gasteiger partial charge in [-0.15, -0.1) is 11.3 Å². The zero-order valence-electron chi connectivity index (χ0n) is 9.37. The van der Waals surface area contributed by atoms with Crippen LogP contribution >= 0.6 is 22.9 Å². The number of aryl methyl sites for hydroxylation is 1. The highest BCUT2D eigenvalue weighted by Crippen LogP contribution is 2.27. The number of benzene rings is 1. The molecule has 2 nitrogen and oxygen atoms in total. The fourth-order valence-corrected chi connectivity index (χ4v) is 2.66. The second-order valence-electron chi connectivity index (χ2n) is 3.66. The van der Waals surface area contributed by atoms with Crippen LogP contribution in [0.15, 0.2) is 30.3 Å². The molecule has 0 unspecified atom stereocenters. The van der Waals surface area contributed by atoms with Gasteiger partial charge in [0.15, 0.2) is 0 Å². The molecule has 1 aromatic heterocycles. The second kappa shape index (κ2) is 4.90. The van der Waals surface area contributed by atoms with E-state index in [9.17, 15) is 4.79 Å². The molecule has 0 spiro atoms. The van der Waals surface area contributed by atoms with Gasteiger partial charge in [0.05, 0.1) is 15.6 Å². The molecule has 17 heavy (non-hydrogen) atoms. The van der Waals surface area contributed by atoms with Crippen LogP contribution in [0.1, 0.15) is 27.0 Å². The van der Waals surface area contributed by atoms with Crippen molar-refractivity contribution >= 4 is 34.4 Å². The van der Waals surface area contributed by atoms with Gasteiger partial charge in [0.25, 0.3) is 0 Å². The van der Waals surface area contributed by atoms with E-state index < -0.39 is 0 Å². The summed E-state index contributed by atoms with van der Waals surface area (Å²) in [6.45, 7) is 2.06. The topological polar surface area (TPSA) is 43.1 Å². The van der Waals surface area contributed by atoms with E-state index in [0.717, 1.165) is 6.42 Å². The Hall–Kier alpha value is -1.32. The van der Waals surface area contributed by atoms with E-state index in [1.165, 1.54) is 16.2 Å². The smallest absolute Gasteiger partial charge is 0.204 e. The highest BCUT2D eigenvalue weighted by Gasteiger charge is 2.15. The third-order valence-corrected chi connectivity index (χ3v) is 4.16. The zero-order valence-corrected chi connectivity index (χ0v) is 10.9. The zero-order chi connectivity index (χ0) is 12.4. The van der Waals surface area contributed by atoms with Crippen LogP contribution < -0.4 is 5.73 Å². The van der Waals surface area contributed by atoms with Crippen LogP contribution in [0.3, 0.4) is 0 Å². The molecule has 2 aromatic rings. The molecule has 0 saturated carbocycles. The summed E-state index contributed by atoms with van der Waals surface area (Å²) < 4.78 is 0. The molecule has 0 amide bonds. The van der Waals surface area contributed by atoms with Crippen molar-refractivity contribution in [2.45, 2.75) is 13.3 Å². The van der Waals surface area contributed by atoms with Crippen LogP contribution in [0.4, 0.5) is 5.69 Å². The second-order valence-corrected chi connectivity index (χ2v) is 5.20. The molecule has 0 aliphatic carbocycles. The average molecular weight is 266 g/mol. The van der Waals surface area contributed by atoms with Gasteiger partial charge in [-0.25, -0.2) is 0 Å². The van der Waals surface area contributed by atoms with E-state index in [2.05, 4.69) is 6.92 Å². The molecule has 2 N–H and O–H groups in total. The van der Waals surface area contributed by atoms with Crippen molar-refractivity contribution < 1.29 is 4.79 Å². The van der Waals surface area contributed by atoms with Crippen LogP contribution in [0.25, 0.3) is 0 Å². The van der Waals surface area contributed by atoms with E-state index in [1.807, 2.05) is 12.1 Å². The summed E-state index contributed by atoms with van der Waals surface area (Å²) in [4.78, 5) is 14.1. The Bertz CT molecular complexity index is 562. The normalized spacial score (nSPS) is 10.5. The summed E-state index contributed by atoms with van der Waals surface area (Å²) in [5, 5.41) is 0.337. The van der Waals surface area contributed by atoms with Crippen molar-refractivity contribution in [1.29, 1.82) is 0 Å². The lowest BCUT2D eigenvalue weighted by Crippen LogP contribution is -2.01. The molecule has 1 aromatic carbocycles. The molecule has 0 aliphatic heterocycles. The Morgan fingerprint density at radius 1 is 1.35 bits per heavy atom. The summed E-state index contributed by atoms with van der Waals surface area (Å²) in [5.74, 6) is -0.0630. The maximum absolute atomic E-state index is 12.2. The van der Waals surface area contributed by atoms with Gasteiger partial charge in [-0.3, -0.25) is 4.79 Å². The van der Waals surface area contributed by atoms with Crippen LogP contribution in [0, 0.1) is 0 Å². The molecule has 0 aliphatic rings. The van der Waals surface area contributed by atoms with Gasteiger partial charge in [0, 0.05) is 10.4 Å². The van der Waals surface area contributed by atoms with E-state index in [4.69, 9.17) is 17.3 Å². The number of carbonyl (C=O) groups is 1. The Morgan fingerprint density at radius 2 is 2.12 bits per heavy atom. The number of nitrogen functional groups attached to an aromatic ring is 1. The highest BCUT2D eigenvalue weighted by molar-refractivity contribution is 7.14. The minimum Gasteiger partial charge on any atom is -0.398 e. The lowest BCUT2D eigenvalue weighted by atomic mass is 10.1. The van der Waals surface area contributed by atoms with Gasteiger partial charge in [-0.05, 0) is 30.7 Å². The first-order chi connectivity index (χ1) is 8.13. The Balaban J connectivity index is 2.40. The monoisotopic (exact) mass is 265 g/mol. The van der Waals surface area contributed by atoms with E-state index >= 15 is 0 Å². The molecule has 1 heterocycles. The fraction of sp³-hybridized carbons (Fsp3) is 0.154. The maximum Gasteiger partial charge on any atom is 0.204 e. The molecule has 0 bridgehead atoms. The number of halogens is 1. The van der Waals surface area contributed by atoms with Gasteiger partial charge in [0.2, 0.25) is 5.78 Å². The molecule has 2 rings (SSSR count). The van der Waals surface area contributed by atoms with E-state index in [1.54, 1.807) is 18.2 Å². The van der Waals surface area contributed by atoms with Crippen molar-refractivity contribution in [3.8, 4) is 0 Å². The highest BCUT2D eigenvalue weighted by atomic mass is 35.5. The third kappa shape index (κ3) is 2.35. The van der Waals surface area contributed by atoms with E-state index in [0.29, 0.717) is 21.2 Å². The van der Waals surface area contributed by atoms with Crippen molar-refractivity contribution in [1.82, 2.24) is 0 Å². The molecule has 0 radical (unpaired) electrons. The average Bonchev–Trinajstić information content (AvgIpc) is 2.80. The van der Waals surface area contributed by atoms with Gasteiger partial charge >= 0.3 is 0 Å². The minimum atomic E-state index is -0.0630. The lowest BCUT2D eigenvalue weighted by Gasteiger charge is -2.03. The summed E-state index contributed by atoms with van der Waals surface area (Å²) in [6.07, 6.45) is 0.933. The summed E-state index contributed by atoms with van der Waals surface area (Å²) in [7, 11) is 0. The number of thiophene rings is 1. The number of carbonyl (C=O) groups excluding carboxylic acids is 1. The number of ketones is 1. The third-order valence-electron chi connectivity index (χ3n) is 2.51. The molecule has 0 atom stereocenters. The van der Waals surface area contributed by atoms with Crippen molar-refractivity contribution in [2.75, 3.05) is 5.73 Å². The number of rotatable bonds is 3. The number of nitrogens with two attached hydrogens (primary N) is 1. The Morgan fingerprint density at radius 3 is 2.76 bits per heavy atom. The molecule has 88 valence electrons. The first-order valence-corrected chi connectivity index (χ1v) is 6.50. The Kier molecular flexibility index (Phi) is 3.50. The number of anilines is 1. The van der Waals surface area contributed by atoms with Crippen molar-refractivity contribution in [3.05, 3.63) is 50.7 Å². The molecular formula is C13H12ClNOS. The van der Waals surface area contributed by atoms with Crippen LogP contribution in [-0.4, -0.2) is 5.78 Å². The first kappa shape index (κ1) is 12.1. The van der Waals surface area contributed by atoms with Gasteiger partial charge < -0.3 is 5.73 Å². The van der Waals surface area contributed by atoms with Crippen molar-refractivity contribution in [2.24, 2.45) is 0 Å². The molecule has 0 fully saturated rings. The lowest BCUT2D eigenvalue weighted by molar-refractivity contribution is 0.104. The fourth-order valence-electron chi connectivity index (χ4n) is 1.55. The van der Waals surface area contributed by atoms with Crippen molar-refractivity contribution in [3.63, 3.8) is 0 Å². The quantitative estimate of drug-likeness (QED) is 0.678. The number of hydrogen-bond donors (Lipinski definition) is 1. The van der Waals surface area contributed by atoms with Crippen LogP contribution in [0.2, 0.25) is 5.02 Å². The number of hydrogen-bond acceptors (Lipinski definition) is 3. The summed E-state index contributed by atoms with van der Waals surface area (Å²) in [6, 6.07) is 8.93. The standard InChI is InChI=1S/C13H12ClNOS/c1-2-8-6-7-11(17-8)13(16)9-4-3-5-10(15)12(9)14/h3-7H,2,15H2,1H3. The predicted octanol–water partition coefficient (Wildman–Crippen LogP) is 3.78. The van der Waals surface area contributed by atoms with Crippen LogP contribution in [0.5, 0.6) is 0 Å². The first-order valence-electron chi connectivity index (χ1n) is 5.31. The molecule has 4 heteroatoms. The SMILES string of the molecule is CCc1ccc(C(=O)c2cccc(N)c2Cl)s1. The van der Waals surface area contributed by atoms with E-state index in [-0.39, 0.29) is 5.78 Å². The summed E-state index contributed by atoms with van der Waals surface area (Å²) >= 11 is 7.54. The van der Waals surface area contributed by atoms with Gasteiger partial charge in [0.1, 0.15) is 0 Å². The van der Waals surface area contributed by atoms with Gasteiger partial charge in [-0.2, -0.15) is 0 Å². The van der Waals surface area contributed by atoms with Gasteiger partial charge in [-0.1, -0.05) is 24.6 Å². The summed E-state index contributed by atoms with van der Waals surface area (Å²) in [5.41, 5.74) is 6.59. The van der Waals surface area contributed by atoms with Crippen LogP contribution in [-0.2, 0) is 6.42 Å².